The largest absolute Gasteiger partial charge is 0.462 e. The van der Waals surface area contributed by atoms with Gasteiger partial charge in [0.1, 0.15) is 6.10 Å². The van der Waals surface area contributed by atoms with Gasteiger partial charge in [-0.2, -0.15) is 0 Å². The van der Waals surface area contributed by atoms with Gasteiger partial charge in [0.2, 0.25) is 0 Å². The van der Waals surface area contributed by atoms with Crippen LogP contribution < -0.4 is 0 Å². The Labute approximate surface area is 232 Å². The fourth-order valence-electron chi connectivity index (χ4n) is 9.68. The van der Waals surface area contributed by atoms with E-state index in [-0.39, 0.29) is 12.1 Å². The summed E-state index contributed by atoms with van der Waals surface area (Å²) < 4.78 is 5.64. The lowest BCUT2D eigenvalue weighted by molar-refractivity contribution is -0.148. The summed E-state index contributed by atoms with van der Waals surface area (Å²) in [6.45, 7) is 16.4. The van der Waals surface area contributed by atoms with Gasteiger partial charge in [0.05, 0.1) is 0 Å². The number of halogens is 2. The van der Waals surface area contributed by atoms with E-state index in [0.717, 1.165) is 36.5 Å². The van der Waals surface area contributed by atoms with Crippen molar-refractivity contribution in [3.05, 3.63) is 11.6 Å². The standard InChI is InChI=1S/C31H50Br2O2/c1-8-23(18(2)3)29(33)28(32)19(4)25-11-12-26-24-10-9-21-17-22(35-20(5)34)13-15-30(21,6)27(24)14-16-31(25,26)7/h9,18-19,22-29H,8,10-17H2,1-7H3/t19-,22-,23+,24-,25+,26-,27-,28+,29+,30-,31+/m0/s1. The molecule has 0 N–H and O–H groups in total. The molecule has 35 heavy (non-hydrogen) atoms. The van der Waals surface area contributed by atoms with Crippen LogP contribution in [0.2, 0.25) is 0 Å². The molecule has 4 heteroatoms. The van der Waals surface area contributed by atoms with Crippen LogP contribution in [0.5, 0.6) is 0 Å². The zero-order valence-electron chi connectivity index (χ0n) is 23.3. The van der Waals surface area contributed by atoms with Crippen molar-refractivity contribution < 1.29 is 9.53 Å². The van der Waals surface area contributed by atoms with E-state index in [2.05, 4.69) is 79.5 Å². The molecule has 3 fully saturated rings. The molecule has 0 aliphatic heterocycles. The van der Waals surface area contributed by atoms with Crippen molar-refractivity contribution >= 4 is 37.8 Å². The second kappa shape index (κ2) is 10.7. The predicted octanol–water partition coefficient (Wildman–Crippen LogP) is 9.34. The number of ether oxygens (including phenoxy) is 1. The van der Waals surface area contributed by atoms with Gasteiger partial charge in [0, 0.05) is 23.0 Å². The molecule has 0 heterocycles. The molecule has 11 atom stereocenters. The third kappa shape index (κ3) is 4.99. The normalized spacial score (nSPS) is 42.2. The second-order valence-corrected chi connectivity index (χ2v) is 15.6. The van der Waals surface area contributed by atoms with Gasteiger partial charge in [-0.15, -0.1) is 0 Å². The minimum absolute atomic E-state index is 0.0970. The smallest absolute Gasteiger partial charge is 0.302 e. The van der Waals surface area contributed by atoms with Gasteiger partial charge < -0.3 is 4.74 Å². The summed E-state index contributed by atoms with van der Waals surface area (Å²) in [7, 11) is 0. The molecule has 0 aromatic carbocycles. The van der Waals surface area contributed by atoms with Gasteiger partial charge in [-0.25, -0.2) is 0 Å². The lowest BCUT2D eigenvalue weighted by atomic mass is 9.47. The van der Waals surface area contributed by atoms with Crippen LogP contribution in [0.15, 0.2) is 11.6 Å². The van der Waals surface area contributed by atoms with Gasteiger partial charge in [-0.05, 0) is 97.2 Å². The van der Waals surface area contributed by atoms with Crippen LogP contribution in [-0.2, 0) is 9.53 Å². The molecule has 0 aromatic heterocycles. The maximum atomic E-state index is 11.6. The first-order valence-corrected chi connectivity index (χ1v) is 16.4. The topological polar surface area (TPSA) is 26.3 Å². The SMILES string of the molecule is CC[C@H](C(C)C)[C@@H](Br)[C@H](Br)[C@@H](C)[C@H]1CC[C@H]2[C@@H]3CC=C4C[C@@H](OC(C)=O)CC[C@]4(C)[C@H]3CC[C@]12C. The Kier molecular flexibility index (Phi) is 8.65. The summed E-state index contributed by atoms with van der Waals surface area (Å²) in [5.74, 6) is 5.28. The molecule has 2 nitrogen and oxygen atoms in total. The molecule has 0 saturated heterocycles. The summed E-state index contributed by atoms with van der Waals surface area (Å²) in [5, 5.41) is 0. The predicted molar refractivity (Wildman–Crippen MR) is 154 cm³/mol. The Morgan fingerprint density at radius 2 is 1.77 bits per heavy atom. The van der Waals surface area contributed by atoms with E-state index < -0.39 is 0 Å². The Hall–Kier alpha value is 0.170. The van der Waals surface area contributed by atoms with E-state index in [9.17, 15) is 4.79 Å². The fraction of sp³-hybridized carbons (Fsp3) is 0.903. The summed E-state index contributed by atoms with van der Waals surface area (Å²) in [4.78, 5) is 12.6. The highest BCUT2D eigenvalue weighted by molar-refractivity contribution is 9.12. The molecule has 0 radical (unpaired) electrons. The van der Waals surface area contributed by atoms with E-state index in [1.807, 2.05) is 0 Å². The number of rotatable bonds is 7. The molecule has 0 unspecified atom stereocenters. The molecular weight excluding hydrogens is 564 g/mol. The second-order valence-electron chi connectivity index (χ2n) is 13.5. The molecule has 3 saturated carbocycles. The fourth-order valence-corrected chi connectivity index (χ4v) is 11.9. The third-order valence-electron chi connectivity index (χ3n) is 11.6. The average molecular weight is 615 g/mol. The van der Waals surface area contributed by atoms with Gasteiger partial charge in [0.15, 0.2) is 0 Å². The number of hydrogen-bond donors (Lipinski definition) is 0. The molecule has 4 rings (SSSR count). The zero-order chi connectivity index (χ0) is 25.7. The molecule has 0 spiro atoms. The first kappa shape index (κ1) is 28.2. The Morgan fingerprint density at radius 3 is 2.40 bits per heavy atom. The van der Waals surface area contributed by atoms with Crippen LogP contribution in [-0.4, -0.2) is 21.7 Å². The van der Waals surface area contributed by atoms with E-state index in [4.69, 9.17) is 4.74 Å². The van der Waals surface area contributed by atoms with Gasteiger partial charge in [0.25, 0.3) is 0 Å². The molecule has 0 aromatic rings. The summed E-state index contributed by atoms with van der Waals surface area (Å²) in [6, 6.07) is 0. The van der Waals surface area contributed by atoms with Crippen LogP contribution >= 0.6 is 31.9 Å². The summed E-state index contributed by atoms with van der Waals surface area (Å²) in [6.07, 6.45) is 13.9. The van der Waals surface area contributed by atoms with E-state index in [1.54, 1.807) is 12.5 Å². The highest BCUT2D eigenvalue weighted by atomic mass is 79.9. The lowest BCUT2D eigenvalue weighted by Gasteiger charge is -2.58. The van der Waals surface area contributed by atoms with Crippen molar-refractivity contribution in [2.24, 2.45) is 52.3 Å². The zero-order valence-corrected chi connectivity index (χ0v) is 26.5. The minimum Gasteiger partial charge on any atom is -0.462 e. The number of carbonyl (C=O) groups is 1. The number of esters is 1. The average Bonchev–Trinajstić information content (AvgIpc) is 3.15. The first-order valence-electron chi connectivity index (χ1n) is 14.6. The first-order chi connectivity index (χ1) is 16.4. The Balaban J connectivity index is 1.50. The van der Waals surface area contributed by atoms with Crippen molar-refractivity contribution in [3.63, 3.8) is 0 Å². The van der Waals surface area contributed by atoms with E-state index >= 15 is 0 Å². The Morgan fingerprint density at radius 1 is 1.06 bits per heavy atom. The number of fused-ring (bicyclic) bond motifs is 5. The number of carbonyl (C=O) groups excluding carboxylic acids is 1. The van der Waals surface area contributed by atoms with E-state index in [1.165, 1.54) is 44.9 Å². The van der Waals surface area contributed by atoms with Crippen LogP contribution in [0.25, 0.3) is 0 Å². The Bertz CT molecular complexity index is 808. The monoisotopic (exact) mass is 612 g/mol. The van der Waals surface area contributed by atoms with Gasteiger partial charge in [-0.1, -0.05) is 91.5 Å². The lowest BCUT2D eigenvalue weighted by Crippen LogP contribution is -2.51. The van der Waals surface area contributed by atoms with Crippen molar-refractivity contribution in [1.29, 1.82) is 0 Å². The quantitative estimate of drug-likeness (QED) is 0.162. The summed E-state index contributed by atoms with van der Waals surface area (Å²) >= 11 is 8.38. The van der Waals surface area contributed by atoms with Crippen molar-refractivity contribution in [1.82, 2.24) is 0 Å². The van der Waals surface area contributed by atoms with Crippen LogP contribution in [0.4, 0.5) is 0 Å². The van der Waals surface area contributed by atoms with Gasteiger partial charge >= 0.3 is 5.97 Å². The van der Waals surface area contributed by atoms with Crippen molar-refractivity contribution in [3.8, 4) is 0 Å². The third-order valence-corrected chi connectivity index (χ3v) is 15.0. The van der Waals surface area contributed by atoms with Crippen molar-refractivity contribution in [2.45, 2.75) is 122 Å². The number of alkyl halides is 2. The number of hydrogen-bond acceptors (Lipinski definition) is 2. The molecule has 4 aliphatic rings. The van der Waals surface area contributed by atoms with Gasteiger partial charge in [-0.3, -0.25) is 4.79 Å². The molecule has 0 bridgehead atoms. The maximum absolute atomic E-state index is 11.6. The molecule has 200 valence electrons. The molecule has 4 aliphatic carbocycles. The van der Waals surface area contributed by atoms with Crippen LogP contribution in [0.3, 0.4) is 0 Å². The number of allylic oxidation sites excluding steroid dienone is 1. The highest BCUT2D eigenvalue weighted by Gasteiger charge is 2.60. The minimum atomic E-state index is -0.123. The highest BCUT2D eigenvalue weighted by Crippen LogP contribution is 2.67. The molecule has 0 amide bonds. The van der Waals surface area contributed by atoms with Crippen LogP contribution in [0, 0.1) is 52.3 Å². The van der Waals surface area contributed by atoms with Crippen molar-refractivity contribution in [2.75, 3.05) is 0 Å². The summed E-state index contributed by atoms with van der Waals surface area (Å²) in [5.41, 5.74) is 2.38. The van der Waals surface area contributed by atoms with Crippen LogP contribution in [0.1, 0.15) is 106 Å². The maximum Gasteiger partial charge on any atom is 0.302 e. The van der Waals surface area contributed by atoms with E-state index in [0.29, 0.717) is 38.2 Å². The molecular formula is C31H50Br2O2.